The molecular formula is C10H9ClFN5O2S. The zero-order valence-electron chi connectivity index (χ0n) is 9.84. The van der Waals surface area contributed by atoms with Crippen LogP contribution in [0.15, 0.2) is 35.6 Å². The molecule has 0 bridgehead atoms. The highest BCUT2D eigenvalue weighted by Gasteiger charge is 2.18. The van der Waals surface area contributed by atoms with Gasteiger partial charge in [0.05, 0.1) is 16.9 Å². The molecule has 0 spiro atoms. The first kappa shape index (κ1) is 14.4. The van der Waals surface area contributed by atoms with Gasteiger partial charge in [0, 0.05) is 12.4 Å². The Morgan fingerprint density at radius 3 is 2.70 bits per heavy atom. The van der Waals surface area contributed by atoms with Crippen LogP contribution in [-0.4, -0.2) is 18.4 Å². The molecule has 4 N–H and O–H groups in total. The van der Waals surface area contributed by atoms with E-state index in [1.165, 1.54) is 12.3 Å². The molecule has 7 nitrogen and oxygen atoms in total. The molecule has 0 aliphatic rings. The molecule has 2 rings (SSSR count). The number of nitrogen functional groups attached to an aromatic ring is 1. The predicted molar refractivity (Wildman–Crippen MR) is 72.1 cm³/mol. The van der Waals surface area contributed by atoms with Crippen LogP contribution in [0.25, 0.3) is 0 Å². The van der Waals surface area contributed by atoms with Crippen molar-refractivity contribution in [2.45, 2.75) is 4.90 Å². The van der Waals surface area contributed by atoms with Crippen molar-refractivity contribution in [1.82, 2.24) is 9.97 Å². The monoisotopic (exact) mass is 317 g/mol. The molecule has 0 radical (unpaired) electrons. The average molecular weight is 318 g/mol. The topological polar surface area (TPSA) is 110 Å². The van der Waals surface area contributed by atoms with E-state index in [0.29, 0.717) is 0 Å². The highest BCUT2D eigenvalue weighted by molar-refractivity contribution is 7.92. The Labute approximate surface area is 119 Å². The van der Waals surface area contributed by atoms with Gasteiger partial charge in [0.15, 0.2) is 11.6 Å². The van der Waals surface area contributed by atoms with E-state index >= 15 is 0 Å². The lowest BCUT2D eigenvalue weighted by molar-refractivity contribution is 0.597. The summed E-state index contributed by atoms with van der Waals surface area (Å²) in [6, 6.07) is 2.34. The van der Waals surface area contributed by atoms with Crippen LogP contribution >= 0.6 is 11.6 Å². The van der Waals surface area contributed by atoms with Gasteiger partial charge in [-0.2, -0.15) is 0 Å². The normalized spacial score (nSPS) is 11.2. The second kappa shape index (κ2) is 5.57. The summed E-state index contributed by atoms with van der Waals surface area (Å²) < 4.78 is 39.6. The molecule has 0 unspecified atom stereocenters. The molecule has 2 aromatic heterocycles. The van der Waals surface area contributed by atoms with Crippen molar-refractivity contribution < 1.29 is 12.8 Å². The Bertz CT molecular complexity index is 740. The lowest BCUT2D eigenvalue weighted by Crippen LogP contribution is -2.15. The SMILES string of the molecule is NNc1ncc(S(=O)(=O)Nc2ccncc2F)cc1Cl. The maximum atomic E-state index is 13.4. The molecule has 10 heteroatoms. The number of hydrogen-bond acceptors (Lipinski definition) is 6. The maximum Gasteiger partial charge on any atom is 0.263 e. The summed E-state index contributed by atoms with van der Waals surface area (Å²) in [6.45, 7) is 0. The smallest absolute Gasteiger partial charge is 0.263 e. The Morgan fingerprint density at radius 2 is 2.10 bits per heavy atom. The molecule has 0 aliphatic heterocycles. The van der Waals surface area contributed by atoms with Crippen LogP contribution in [0.5, 0.6) is 0 Å². The first-order valence-corrected chi connectivity index (χ1v) is 7.04. The number of nitrogens with one attached hydrogen (secondary N) is 2. The van der Waals surface area contributed by atoms with E-state index in [4.69, 9.17) is 17.4 Å². The minimum absolute atomic E-state index is 0.0191. The number of nitrogens with two attached hydrogens (primary N) is 1. The number of hydrazine groups is 1. The van der Waals surface area contributed by atoms with E-state index in [1.54, 1.807) is 0 Å². The van der Waals surface area contributed by atoms with Crippen molar-refractivity contribution >= 4 is 33.1 Å². The van der Waals surface area contributed by atoms with Crippen molar-refractivity contribution in [2.24, 2.45) is 5.84 Å². The summed E-state index contributed by atoms with van der Waals surface area (Å²) in [7, 11) is -4.02. The van der Waals surface area contributed by atoms with Gasteiger partial charge in [-0.15, -0.1) is 0 Å². The molecule has 106 valence electrons. The molecule has 0 aliphatic carbocycles. The largest absolute Gasteiger partial charge is 0.307 e. The first-order valence-electron chi connectivity index (χ1n) is 5.18. The fraction of sp³-hybridized carbons (Fsp3) is 0. The quantitative estimate of drug-likeness (QED) is 0.580. The van der Waals surface area contributed by atoms with Crippen molar-refractivity contribution in [1.29, 1.82) is 0 Å². The van der Waals surface area contributed by atoms with E-state index in [9.17, 15) is 12.8 Å². The average Bonchev–Trinajstić information content (AvgIpc) is 2.41. The number of rotatable bonds is 4. The summed E-state index contributed by atoms with van der Waals surface area (Å²) >= 11 is 5.79. The molecule has 0 fully saturated rings. The fourth-order valence-electron chi connectivity index (χ4n) is 1.34. The van der Waals surface area contributed by atoms with Crippen molar-refractivity contribution in [3.8, 4) is 0 Å². The fourth-order valence-corrected chi connectivity index (χ4v) is 2.66. The zero-order valence-corrected chi connectivity index (χ0v) is 11.4. The molecule has 20 heavy (non-hydrogen) atoms. The summed E-state index contributed by atoms with van der Waals surface area (Å²) in [4.78, 5) is 7.03. The van der Waals surface area contributed by atoms with E-state index in [-0.39, 0.29) is 21.4 Å². The Balaban J connectivity index is 2.36. The zero-order chi connectivity index (χ0) is 14.8. The number of hydrogen-bond donors (Lipinski definition) is 3. The van der Waals surface area contributed by atoms with E-state index in [0.717, 1.165) is 18.5 Å². The summed E-state index contributed by atoms with van der Waals surface area (Å²) in [6.07, 6.45) is 3.20. The van der Waals surface area contributed by atoms with Crippen LogP contribution in [0.2, 0.25) is 5.02 Å². The molecule has 0 atom stereocenters. The molecule has 0 saturated heterocycles. The molecular weight excluding hydrogens is 309 g/mol. The van der Waals surface area contributed by atoms with Gasteiger partial charge in [-0.25, -0.2) is 23.6 Å². The van der Waals surface area contributed by atoms with Gasteiger partial charge >= 0.3 is 0 Å². The third-order valence-corrected chi connectivity index (χ3v) is 3.90. The molecule has 2 heterocycles. The van der Waals surface area contributed by atoms with Crippen molar-refractivity contribution in [3.63, 3.8) is 0 Å². The number of anilines is 2. The molecule has 0 saturated carbocycles. The van der Waals surface area contributed by atoms with Crippen molar-refractivity contribution in [2.75, 3.05) is 10.1 Å². The highest BCUT2D eigenvalue weighted by Crippen LogP contribution is 2.23. The summed E-state index contributed by atoms with van der Waals surface area (Å²) in [5, 5.41) is 0.0191. The van der Waals surface area contributed by atoms with Gasteiger partial charge in [-0.05, 0) is 12.1 Å². The third kappa shape index (κ3) is 2.95. The number of aromatic nitrogens is 2. The number of pyridine rings is 2. The first-order chi connectivity index (χ1) is 9.44. The van der Waals surface area contributed by atoms with Crippen molar-refractivity contribution in [3.05, 3.63) is 41.6 Å². The Hall–Kier alpha value is -1.97. The van der Waals surface area contributed by atoms with Gasteiger partial charge in [0.1, 0.15) is 4.90 Å². The van der Waals surface area contributed by atoms with Crippen LogP contribution in [0.4, 0.5) is 15.9 Å². The lowest BCUT2D eigenvalue weighted by atomic mass is 10.4. The van der Waals surface area contributed by atoms with Crippen LogP contribution in [0.1, 0.15) is 0 Å². The summed E-state index contributed by atoms with van der Waals surface area (Å²) in [5.74, 6) is 4.46. The standard InChI is InChI=1S/C10H9ClFN5O2S/c11-7-3-6(4-15-10(7)16-13)20(18,19)17-9-1-2-14-5-8(9)12/h1-5H,13H2,(H,14,17)(H,15,16). The molecule has 0 amide bonds. The van der Waals surface area contributed by atoms with Crippen LogP contribution in [0, 0.1) is 5.82 Å². The van der Waals surface area contributed by atoms with Gasteiger partial charge in [0.25, 0.3) is 10.0 Å². The van der Waals surface area contributed by atoms with Gasteiger partial charge in [0.2, 0.25) is 0 Å². The second-order valence-electron chi connectivity index (χ2n) is 3.61. The van der Waals surface area contributed by atoms with Gasteiger partial charge in [-0.3, -0.25) is 9.71 Å². The number of halogens is 2. The third-order valence-electron chi connectivity index (χ3n) is 2.28. The van der Waals surface area contributed by atoms with E-state index in [2.05, 4.69) is 20.1 Å². The predicted octanol–water partition coefficient (Wildman–Crippen LogP) is 1.36. The Kier molecular flexibility index (Phi) is 4.02. The lowest BCUT2D eigenvalue weighted by Gasteiger charge is -2.09. The highest BCUT2D eigenvalue weighted by atomic mass is 35.5. The number of sulfonamides is 1. The maximum absolute atomic E-state index is 13.4. The minimum atomic E-state index is -4.02. The molecule has 2 aromatic rings. The number of nitrogens with zero attached hydrogens (tertiary/aromatic N) is 2. The second-order valence-corrected chi connectivity index (χ2v) is 5.70. The van der Waals surface area contributed by atoms with E-state index < -0.39 is 15.8 Å². The van der Waals surface area contributed by atoms with Gasteiger partial charge < -0.3 is 5.43 Å². The minimum Gasteiger partial charge on any atom is -0.307 e. The summed E-state index contributed by atoms with van der Waals surface area (Å²) in [5.41, 5.74) is 1.98. The van der Waals surface area contributed by atoms with Gasteiger partial charge in [-0.1, -0.05) is 11.6 Å². The van der Waals surface area contributed by atoms with Crippen LogP contribution < -0.4 is 16.0 Å². The van der Waals surface area contributed by atoms with Crippen LogP contribution in [0.3, 0.4) is 0 Å². The van der Waals surface area contributed by atoms with E-state index in [1.807, 2.05) is 0 Å². The molecule has 0 aromatic carbocycles. The Morgan fingerprint density at radius 1 is 1.35 bits per heavy atom. The van der Waals surface area contributed by atoms with Crippen LogP contribution in [-0.2, 0) is 10.0 Å².